The van der Waals surface area contributed by atoms with Crippen molar-refractivity contribution in [3.05, 3.63) is 39.3 Å². The summed E-state index contributed by atoms with van der Waals surface area (Å²) >= 11 is 6.45. The van der Waals surface area contributed by atoms with E-state index in [9.17, 15) is 9.59 Å². The number of methoxy groups -OCH3 is 1. The molecular formula is C28H39ClN4O5. The lowest BCUT2D eigenvalue weighted by atomic mass is 10.1. The Morgan fingerprint density at radius 2 is 2.05 bits per heavy atom. The first-order valence-corrected chi connectivity index (χ1v) is 13.9. The SMILES string of the molecule is CCCN(C(=O)OC(C)(C)C)n1c(=O)c2c(CCCCOC)n(C3CCCCO3)nc2c2cc(Cl)ccc21. The molecule has 1 saturated heterocycles. The Bertz CT molecular complexity index is 1340. The van der Waals surface area contributed by atoms with Gasteiger partial charge in [0.1, 0.15) is 11.1 Å². The molecule has 1 fully saturated rings. The largest absolute Gasteiger partial charge is 0.442 e. The van der Waals surface area contributed by atoms with E-state index in [2.05, 4.69) is 0 Å². The molecule has 0 N–H and O–H groups in total. The maximum Gasteiger partial charge on any atom is 0.429 e. The number of hydrogen-bond acceptors (Lipinski definition) is 6. The van der Waals surface area contributed by atoms with Gasteiger partial charge in [-0.1, -0.05) is 18.5 Å². The van der Waals surface area contributed by atoms with Crippen LogP contribution in [0.3, 0.4) is 0 Å². The number of halogens is 1. The quantitative estimate of drug-likeness (QED) is 0.308. The van der Waals surface area contributed by atoms with Crippen molar-refractivity contribution in [3.63, 3.8) is 0 Å². The van der Waals surface area contributed by atoms with Gasteiger partial charge in [-0.25, -0.2) is 19.2 Å². The molecule has 4 rings (SSSR count). The number of pyridine rings is 1. The zero-order chi connectivity index (χ0) is 27.4. The molecule has 3 heterocycles. The molecule has 0 bridgehead atoms. The normalized spacial score (nSPS) is 16.3. The smallest absolute Gasteiger partial charge is 0.429 e. The molecule has 1 aromatic carbocycles. The summed E-state index contributed by atoms with van der Waals surface area (Å²) in [5.41, 5.74) is 0.903. The van der Waals surface area contributed by atoms with E-state index in [0.29, 0.717) is 59.4 Å². The summed E-state index contributed by atoms with van der Waals surface area (Å²) in [7, 11) is 1.68. The van der Waals surface area contributed by atoms with Gasteiger partial charge in [-0.3, -0.25) is 4.79 Å². The van der Waals surface area contributed by atoms with E-state index < -0.39 is 11.7 Å². The zero-order valence-corrected chi connectivity index (χ0v) is 23.8. The third-order valence-electron chi connectivity index (χ3n) is 6.58. The van der Waals surface area contributed by atoms with Gasteiger partial charge in [0.25, 0.3) is 5.56 Å². The van der Waals surface area contributed by atoms with Crippen molar-refractivity contribution in [1.82, 2.24) is 14.5 Å². The van der Waals surface area contributed by atoms with Crippen LogP contribution in [0.1, 0.15) is 78.1 Å². The minimum atomic E-state index is -0.717. The Morgan fingerprint density at radius 3 is 2.71 bits per heavy atom. The van der Waals surface area contributed by atoms with Crippen molar-refractivity contribution in [2.75, 3.05) is 31.9 Å². The number of fused-ring (bicyclic) bond motifs is 3. The summed E-state index contributed by atoms with van der Waals surface area (Å²) in [6.45, 7) is 8.99. The van der Waals surface area contributed by atoms with E-state index in [-0.39, 0.29) is 11.8 Å². The van der Waals surface area contributed by atoms with E-state index in [1.54, 1.807) is 19.2 Å². The Balaban J connectivity index is 2.00. The molecule has 0 radical (unpaired) electrons. The molecule has 2 aromatic heterocycles. The van der Waals surface area contributed by atoms with Gasteiger partial charge >= 0.3 is 6.09 Å². The van der Waals surface area contributed by atoms with Gasteiger partial charge in [-0.15, -0.1) is 0 Å². The summed E-state index contributed by atoms with van der Waals surface area (Å²) in [4.78, 5) is 27.8. The van der Waals surface area contributed by atoms with Crippen molar-refractivity contribution in [1.29, 1.82) is 0 Å². The van der Waals surface area contributed by atoms with Crippen LogP contribution in [-0.4, -0.2) is 53.0 Å². The number of unbranched alkanes of at least 4 members (excludes halogenated alkanes) is 1. The number of aryl methyl sites for hydroxylation is 1. The molecule has 0 saturated carbocycles. The van der Waals surface area contributed by atoms with E-state index in [0.717, 1.165) is 37.8 Å². The van der Waals surface area contributed by atoms with Crippen LogP contribution in [0.25, 0.3) is 21.8 Å². The highest BCUT2D eigenvalue weighted by Gasteiger charge is 2.30. The summed E-state index contributed by atoms with van der Waals surface area (Å²) < 4.78 is 20.4. The van der Waals surface area contributed by atoms with Crippen molar-refractivity contribution >= 4 is 39.5 Å². The fourth-order valence-corrected chi connectivity index (χ4v) is 5.12. The van der Waals surface area contributed by atoms with E-state index in [1.807, 2.05) is 38.4 Å². The molecule has 1 unspecified atom stereocenters. The van der Waals surface area contributed by atoms with Crippen LogP contribution in [0, 0.1) is 0 Å². The first-order chi connectivity index (χ1) is 18.2. The standard InChI is InChI=1S/C28H39ClN4O5/c1-6-15-31(27(35)38-28(2,3)4)33-21-14-13-19(29)18-20(21)25-24(26(33)34)22(11-7-9-16-36-5)32(30-25)23-12-8-10-17-37-23/h13-14,18,23H,6-12,15-17H2,1-5H3. The predicted octanol–water partition coefficient (Wildman–Crippen LogP) is 5.96. The number of hydrogen-bond donors (Lipinski definition) is 0. The molecule has 208 valence electrons. The maximum atomic E-state index is 14.4. The van der Waals surface area contributed by atoms with Gasteiger partial charge in [0.05, 0.1) is 16.6 Å². The molecule has 3 aromatic rings. The fraction of sp³-hybridized carbons (Fsp3) is 0.607. The summed E-state index contributed by atoms with van der Waals surface area (Å²) in [6, 6.07) is 5.29. The number of carbonyl (C=O) groups is 1. The van der Waals surface area contributed by atoms with Crippen LogP contribution in [0.15, 0.2) is 23.0 Å². The lowest BCUT2D eigenvalue weighted by molar-refractivity contribution is -0.0407. The van der Waals surface area contributed by atoms with Crippen molar-refractivity contribution in [2.24, 2.45) is 0 Å². The highest BCUT2D eigenvalue weighted by atomic mass is 35.5. The third kappa shape index (κ3) is 6.00. The first kappa shape index (κ1) is 28.4. The fourth-order valence-electron chi connectivity index (χ4n) is 4.95. The average molecular weight is 547 g/mol. The molecule has 1 aliphatic heterocycles. The molecule has 10 heteroatoms. The molecular weight excluding hydrogens is 508 g/mol. The monoisotopic (exact) mass is 546 g/mol. The van der Waals surface area contributed by atoms with E-state index in [1.165, 1.54) is 9.69 Å². The predicted molar refractivity (Wildman–Crippen MR) is 150 cm³/mol. The minimum Gasteiger partial charge on any atom is -0.442 e. The van der Waals surface area contributed by atoms with Gasteiger partial charge in [0.2, 0.25) is 0 Å². The van der Waals surface area contributed by atoms with Crippen LogP contribution in [0.2, 0.25) is 5.02 Å². The maximum absolute atomic E-state index is 14.4. The number of rotatable bonds is 9. The van der Waals surface area contributed by atoms with E-state index >= 15 is 0 Å². The van der Waals surface area contributed by atoms with E-state index in [4.69, 9.17) is 30.9 Å². The molecule has 9 nitrogen and oxygen atoms in total. The van der Waals surface area contributed by atoms with Crippen molar-refractivity contribution in [2.45, 2.75) is 84.5 Å². The molecule has 1 amide bonds. The number of benzene rings is 1. The molecule has 0 aliphatic carbocycles. The van der Waals surface area contributed by atoms with Crippen LogP contribution >= 0.6 is 11.6 Å². The molecule has 1 atom stereocenters. The number of ether oxygens (including phenoxy) is 3. The Labute approximate surface area is 228 Å². The van der Waals surface area contributed by atoms with Crippen molar-refractivity contribution in [3.8, 4) is 0 Å². The Hall–Kier alpha value is -2.62. The van der Waals surface area contributed by atoms with Gasteiger partial charge < -0.3 is 14.2 Å². The average Bonchev–Trinajstić information content (AvgIpc) is 3.26. The number of aromatic nitrogens is 3. The second-order valence-electron chi connectivity index (χ2n) is 10.8. The topological polar surface area (TPSA) is 87.8 Å². The summed E-state index contributed by atoms with van der Waals surface area (Å²) in [5.74, 6) is 0. The summed E-state index contributed by atoms with van der Waals surface area (Å²) in [5, 5.41) is 8.07. The third-order valence-corrected chi connectivity index (χ3v) is 6.81. The van der Waals surface area contributed by atoms with Crippen LogP contribution in [0.4, 0.5) is 4.79 Å². The van der Waals surface area contributed by atoms with Gasteiger partial charge in [-0.05, 0) is 83.9 Å². The van der Waals surface area contributed by atoms with Crippen molar-refractivity contribution < 1.29 is 19.0 Å². The molecule has 0 spiro atoms. The lowest BCUT2D eigenvalue weighted by Crippen LogP contribution is -2.49. The lowest BCUT2D eigenvalue weighted by Gasteiger charge is -2.29. The highest BCUT2D eigenvalue weighted by Crippen LogP contribution is 2.32. The van der Waals surface area contributed by atoms with Gasteiger partial charge in [-0.2, -0.15) is 5.10 Å². The zero-order valence-electron chi connectivity index (χ0n) is 23.1. The number of carbonyl (C=O) groups excluding carboxylic acids is 1. The number of amides is 1. The second-order valence-corrected chi connectivity index (χ2v) is 11.2. The van der Waals surface area contributed by atoms with Gasteiger partial charge in [0.15, 0.2) is 6.23 Å². The Morgan fingerprint density at radius 1 is 1.26 bits per heavy atom. The minimum absolute atomic E-state index is 0.242. The number of nitrogens with zero attached hydrogens (tertiary/aromatic N) is 4. The summed E-state index contributed by atoms with van der Waals surface area (Å²) in [6.07, 6.45) is 4.97. The second kappa shape index (κ2) is 12.1. The highest BCUT2D eigenvalue weighted by molar-refractivity contribution is 6.31. The van der Waals surface area contributed by atoms with Crippen LogP contribution in [0.5, 0.6) is 0 Å². The van der Waals surface area contributed by atoms with Crippen LogP contribution < -0.4 is 10.6 Å². The Kier molecular flexibility index (Phi) is 9.00. The molecule has 1 aliphatic rings. The van der Waals surface area contributed by atoms with Crippen LogP contribution in [-0.2, 0) is 20.6 Å². The first-order valence-electron chi connectivity index (χ1n) is 13.5. The van der Waals surface area contributed by atoms with Gasteiger partial charge in [0, 0.05) is 37.3 Å². The molecule has 38 heavy (non-hydrogen) atoms.